The van der Waals surface area contributed by atoms with E-state index in [1.54, 1.807) is 0 Å². The second kappa shape index (κ2) is 13.6. The number of nitrogens with one attached hydrogen (secondary N) is 2. The second-order valence-electron chi connectivity index (χ2n) is 7.43. The summed E-state index contributed by atoms with van der Waals surface area (Å²) in [4.78, 5) is 11.6. The van der Waals surface area contributed by atoms with Gasteiger partial charge in [-0.2, -0.15) is 0 Å². The maximum atomic E-state index is 5.64. The van der Waals surface area contributed by atoms with Gasteiger partial charge in [0.25, 0.3) is 0 Å². The predicted octanol–water partition coefficient (Wildman–Crippen LogP) is 3.22. The van der Waals surface area contributed by atoms with E-state index in [4.69, 9.17) is 9.73 Å². The van der Waals surface area contributed by atoms with Crippen molar-refractivity contribution in [2.24, 2.45) is 4.99 Å². The molecule has 0 saturated carbocycles. The van der Waals surface area contributed by atoms with Gasteiger partial charge in [0.05, 0.1) is 19.3 Å². The van der Waals surface area contributed by atoms with E-state index in [2.05, 4.69) is 58.6 Å². The Hall–Kier alpha value is -1.71. The van der Waals surface area contributed by atoms with Crippen molar-refractivity contribution >= 4 is 29.9 Å². The molecule has 0 spiro atoms. The Balaban J connectivity index is 0.00000320. The Morgan fingerprint density at radius 2 is 2.07 bits per heavy atom. The van der Waals surface area contributed by atoms with Gasteiger partial charge >= 0.3 is 0 Å². The van der Waals surface area contributed by atoms with E-state index in [1.165, 1.54) is 11.1 Å². The summed E-state index contributed by atoms with van der Waals surface area (Å²) < 4.78 is 5.64. The fraction of sp³-hybridized carbons (Fsp3) is 0.478. The maximum Gasteiger partial charge on any atom is 0.191 e. The van der Waals surface area contributed by atoms with Gasteiger partial charge in [-0.3, -0.25) is 9.88 Å². The molecule has 1 saturated heterocycles. The molecular formula is C23H34IN5O. The predicted molar refractivity (Wildman–Crippen MR) is 133 cm³/mol. The van der Waals surface area contributed by atoms with E-state index >= 15 is 0 Å². The zero-order valence-corrected chi connectivity index (χ0v) is 20.3. The molecule has 1 fully saturated rings. The third-order valence-corrected chi connectivity index (χ3v) is 4.89. The Morgan fingerprint density at radius 3 is 2.83 bits per heavy atom. The Morgan fingerprint density at radius 1 is 1.20 bits per heavy atom. The first-order valence-electron chi connectivity index (χ1n) is 10.6. The Bertz CT molecular complexity index is 771. The number of hydrogen-bond acceptors (Lipinski definition) is 4. The summed E-state index contributed by atoms with van der Waals surface area (Å²) in [6.07, 6.45) is 3.02. The van der Waals surface area contributed by atoms with E-state index in [1.807, 2.05) is 24.4 Å². The summed E-state index contributed by atoms with van der Waals surface area (Å²) in [7, 11) is 0. The van der Waals surface area contributed by atoms with Gasteiger partial charge in [0.1, 0.15) is 0 Å². The number of nitrogens with zero attached hydrogens (tertiary/aromatic N) is 3. The van der Waals surface area contributed by atoms with E-state index in [-0.39, 0.29) is 24.0 Å². The first-order valence-corrected chi connectivity index (χ1v) is 10.6. The molecule has 6 nitrogen and oxygen atoms in total. The first kappa shape index (κ1) is 24.6. The molecule has 0 radical (unpaired) electrons. The molecule has 2 aromatic rings. The molecule has 1 aromatic carbocycles. The summed E-state index contributed by atoms with van der Waals surface area (Å²) in [6.45, 7) is 10.3. The standard InChI is InChI=1S/C23H33N5O.HI/c1-3-24-23(26-12-10-22-9-4-5-11-25-22)27-16-20-7-6-8-21(15-20)18-28-13-14-29-19(2)17-28;/h4-9,11,15,19H,3,10,12-14,16-18H2,1-2H3,(H2,24,26,27);1H. The molecule has 1 unspecified atom stereocenters. The minimum atomic E-state index is 0. The average molecular weight is 523 g/mol. The molecule has 7 heteroatoms. The summed E-state index contributed by atoms with van der Waals surface area (Å²) in [6, 6.07) is 14.7. The van der Waals surface area contributed by atoms with Gasteiger partial charge in [-0.05, 0) is 37.1 Å². The van der Waals surface area contributed by atoms with Crippen LogP contribution in [0.25, 0.3) is 0 Å². The molecule has 1 aliphatic rings. The largest absolute Gasteiger partial charge is 0.376 e. The van der Waals surface area contributed by atoms with Crippen molar-refractivity contribution in [1.29, 1.82) is 0 Å². The number of morpholine rings is 1. The molecule has 3 rings (SSSR count). The molecule has 0 amide bonds. The summed E-state index contributed by atoms with van der Waals surface area (Å²) in [5.74, 6) is 0.843. The third kappa shape index (κ3) is 8.57. The van der Waals surface area contributed by atoms with E-state index in [0.29, 0.717) is 12.6 Å². The lowest BCUT2D eigenvalue weighted by molar-refractivity contribution is -0.0212. The topological polar surface area (TPSA) is 61.8 Å². The third-order valence-electron chi connectivity index (χ3n) is 4.89. The molecule has 2 N–H and O–H groups in total. The van der Waals surface area contributed by atoms with Gasteiger partial charge < -0.3 is 15.4 Å². The number of pyridine rings is 1. The van der Waals surface area contributed by atoms with Crippen LogP contribution in [0.2, 0.25) is 0 Å². The van der Waals surface area contributed by atoms with Crippen molar-refractivity contribution in [2.45, 2.75) is 39.5 Å². The van der Waals surface area contributed by atoms with Gasteiger partial charge in [0.15, 0.2) is 5.96 Å². The summed E-state index contributed by atoms with van der Waals surface area (Å²) in [5.41, 5.74) is 3.65. The lowest BCUT2D eigenvalue weighted by Gasteiger charge is -2.31. The lowest BCUT2D eigenvalue weighted by atomic mass is 10.1. The van der Waals surface area contributed by atoms with Crippen LogP contribution in [0.15, 0.2) is 53.7 Å². The van der Waals surface area contributed by atoms with Crippen LogP contribution in [0, 0.1) is 0 Å². The van der Waals surface area contributed by atoms with E-state index < -0.39 is 0 Å². The van der Waals surface area contributed by atoms with Crippen LogP contribution in [0.1, 0.15) is 30.7 Å². The summed E-state index contributed by atoms with van der Waals surface area (Å²) >= 11 is 0. The van der Waals surface area contributed by atoms with Crippen LogP contribution >= 0.6 is 24.0 Å². The highest BCUT2D eigenvalue weighted by molar-refractivity contribution is 14.0. The molecular weight excluding hydrogens is 489 g/mol. The fourth-order valence-corrected chi connectivity index (χ4v) is 3.49. The number of aliphatic imine (C=N–C) groups is 1. The van der Waals surface area contributed by atoms with Crippen LogP contribution in [-0.2, 0) is 24.2 Å². The maximum absolute atomic E-state index is 5.64. The van der Waals surface area contributed by atoms with Crippen molar-refractivity contribution in [3.05, 3.63) is 65.5 Å². The van der Waals surface area contributed by atoms with Crippen molar-refractivity contribution in [1.82, 2.24) is 20.5 Å². The first-order chi connectivity index (χ1) is 14.2. The SMILES string of the molecule is CCNC(=NCc1cccc(CN2CCOC(C)C2)c1)NCCc1ccccn1.I. The average Bonchev–Trinajstić information content (AvgIpc) is 2.73. The van der Waals surface area contributed by atoms with Crippen LogP contribution < -0.4 is 10.6 Å². The number of rotatable bonds is 8. The van der Waals surface area contributed by atoms with Crippen LogP contribution in [0.3, 0.4) is 0 Å². The number of halogens is 1. The minimum absolute atomic E-state index is 0. The second-order valence-corrected chi connectivity index (χ2v) is 7.43. The monoisotopic (exact) mass is 523 g/mol. The van der Waals surface area contributed by atoms with Crippen LogP contribution in [0.5, 0.6) is 0 Å². The van der Waals surface area contributed by atoms with Crippen molar-refractivity contribution in [3.8, 4) is 0 Å². The van der Waals surface area contributed by atoms with Gasteiger partial charge in [0, 0.05) is 51.0 Å². The Labute approximate surface area is 197 Å². The molecule has 164 valence electrons. The molecule has 1 aliphatic heterocycles. The van der Waals surface area contributed by atoms with Crippen molar-refractivity contribution < 1.29 is 4.74 Å². The Kier molecular flexibility index (Phi) is 11.1. The zero-order chi connectivity index (χ0) is 20.3. The molecule has 1 aromatic heterocycles. The van der Waals surface area contributed by atoms with Gasteiger partial charge in [-0.1, -0.05) is 30.3 Å². The molecule has 2 heterocycles. The highest BCUT2D eigenvalue weighted by Gasteiger charge is 2.16. The minimum Gasteiger partial charge on any atom is -0.376 e. The number of hydrogen-bond donors (Lipinski definition) is 2. The molecule has 0 aliphatic carbocycles. The van der Waals surface area contributed by atoms with Gasteiger partial charge in [0.2, 0.25) is 0 Å². The number of aromatic nitrogens is 1. The molecule has 1 atom stereocenters. The lowest BCUT2D eigenvalue weighted by Crippen LogP contribution is -2.40. The fourth-order valence-electron chi connectivity index (χ4n) is 3.49. The summed E-state index contributed by atoms with van der Waals surface area (Å²) in [5, 5.41) is 6.72. The quantitative estimate of drug-likeness (QED) is 0.316. The normalized spacial score (nSPS) is 17.3. The zero-order valence-electron chi connectivity index (χ0n) is 18.0. The molecule has 0 bridgehead atoms. The number of benzene rings is 1. The highest BCUT2D eigenvalue weighted by Crippen LogP contribution is 2.12. The smallest absolute Gasteiger partial charge is 0.191 e. The number of guanidine groups is 1. The molecule has 30 heavy (non-hydrogen) atoms. The highest BCUT2D eigenvalue weighted by atomic mass is 127. The van der Waals surface area contributed by atoms with Crippen LogP contribution in [0.4, 0.5) is 0 Å². The van der Waals surface area contributed by atoms with Crippen molar-refractivity contribution in [3.63, 3.8) is 0 Å². The van der Waals surface area contributed by atoms with E-state index in [0.717, 1.165) is 57.4 Å². The number of ether oxygens (including phenoxy) is 1. The van der Waals surface area contributed by atoms with Gasteiger partial charge in [-0.25, -0.2) is 4.99 Å². The van der Waals surface area contributed by atoms with E-state index in [9.17, 15) is 0 Å². The van der Waals surface area contributed by atoms with Gasteiger partial charge in [-0.15, -0.1) is 24.0 Å². The van der Waals surface area contributed by atoms with Crippen molar-refractivity contribution in [2.75, 3.05) is 32.8 Å². The van der Waals surface area contributed by atoms with Crippen LogP contribution in [-0.4, -0.2) is 54.7 Å².